The highest BCUT2D eigenvalue weighted by atomic mass is 16.3. The fraction of sp³-hybridized carbons (Fsp3) is 0.361. The number of nitrogens with one attached hydrogen (secondary N) is 1. The van der Waals surface area contributed by atoms with Crippen LogP contribution in [0.15, 0.2) is 73.1 Å². The van der Waals surface area contributed by atoms with Crippen molar-refractivity contribution >= 4 is 34.1 Å². The Balaban J connectivity index is 1.28. The van der Waals surface area contributed by atoms with Gasteiger partial charge in [-0.25, -0.2) is 0 Å². The molecule has 1 aliphatic heterocycles. The lowest BCUT2D eigenvalue weighted by Gasteiger charge is -2.29. The second-order valence-electron chi connectivity index (χ2n) is 12.6. The summed E-state index contributed by atoms with van der Waals surface area (Å²) in [4.78, 5) is 31.4. The van der Waals surface area contributed by atoms with Gasteiger partial charge in [-0.1, -0.05) is 62.4 Å². The Labute approximate surface area is 269 Å². The summed E-state index contributed by atoms with van der Waals surface area (Å²) in [6.07, 6.45) is 8.76. The number of aliphatic hydroxyl groups excluding tert-OH is 1. The molecule has 0 amide bonds. The second-order valence-corrected chi connectivity index (χ2v) is 12.6. The van der Waals surface area contributed by atoms with Gasteiger partial charge in [0.1, 0.15) is 0 Å². The third-order valence-electron chi connectivity index (χ3n) is 8.44. The number of rotatable bonds is 11. The molecular weight excluding hydrogens is 576 g/mol. The number of pyridine rings is 1. The molecule has 1 fully saturated rings. The quantitative estimate of drug-likeness (QED) is 0.191. The number of likely N-dealkylation sites (N-methyl/N-ethyl adjacent to an activating group) is 1. The largest absolute Gasteiger partial charge is 0.393 e. The lowest BCUT2D eigenvalue weighted by molar-refractivity contribution is -0.114. The van der Waals surface area contributed by atoms with E-state index in [1.165, 1.54) is 0 Å². The fourth-order valence-electron chi connectivity index (χ4n) is 5.90. The number of anilines is 2. The fourth-order valence-corrected chi connectivity index (χ4v) is 5.90. The molecule has 2 aromatic carbocycles. The summed E-state index contributed by atoms with van der Waals surface area (Å²) in [5.74, 6) is 1.61. The van der Waals surface area contributed by atoms with Gasteiger partial charge in [0.05, 0.1) is 18.0 Å². The summed E-state index contributed by atoms with van der Waals surface area (Å²) < 4.78 is 1.79. The van der Waals surface area contributed by atoms with Crippen molar-refractivity contribution in [2.75, 3.05) is 43.9 Å². The topological polar surface area (TPSA) is 112 Å². The van der Waals surface area contributed by atoms with Gasteiger partial charge in [0, 0.05) is 55.3 Å². The van der Waals surface area contributed by atoms with Crippen LogP contribution in [0.25, 0.3) is 27.7 Å². The zero-order valence-electron chi connectivity index (χ0n) is 27.0. The third kappa shape index (κ3) is 6.93. The van der Waals surface area contributed by atoms with Crippen LogP contribution >= 0.6 is 0 Å². The first-order valence-corrected chi connectivity index (χ1v) is 16.0. The van der Waals surface area contributed by atoms with Crippen molar-refractivity contribution in [2.24, 2.45) is 0 Å². The number of carbonyl (C=O) groups excluding carboxylic acids is 1. The Hall–Kier alpha value is -4.67. The van der Waals surface area contributed by atoms with Crippen molar-refractivity contribution < 1.29 is 9.90 Å². The van der Waals surface area contributed by atoms with Crippen LogP contribution in [0.2, 0.25) is 0 Å². The average molecular weight is 619 g/mol. The molecule has 5 aromatic rings. The minimum atomic E-state index is -0.276. The highest BCUT2D eigenvalue weighted by Gasteiger charge is 2.23. The number of aromatic nitrogens is 5. The van der Waals surface area contributed by atoms with Crippen LogP contribution in [0.5, 0.6) is 0 Å². The van der Waals surface area contributed by atoms with Gasteiger partial charge in [0.25, 0.3) is 0 Å². The number of ketones is 1. The third-order valence-corrected chi connectivity index (χ3v) is 8.44. The number of benzene rings is 2. The first kappa shape index (κ1) is 31.3. The molecule has 0 spiro atoms. The van der Waals surface area contributed by atoms with Crippen molar-refractivity contribution in [1.29, 1.82) is 0 Å². The van der Waals surface area contributed by atoms with Crippen molar-refractivity contribution in [3.8, 4) is 11.3 Å². The maximum Gasteiger partial charge on any atom is 0.230 e. The number of hydrogen-bond donors (Lipinski definition) is 2. The zero-order chi connectivity index (χ0) is 32.2. The first-order valence-electron chi connectivity index (χ1n) is 16.0. The Kier molecular flexibility index (Phi) is 9.37. The lowest BCUT2D eigenvalue weighted by atomic mass is 9.97. The van der Waals surface area contributed by atoms with Crippen LogP contribution < -0.4 is 10.2 Å². The van der Waals surface area contributed by atoms with E-state index in [1.807, 2.05) is 61.7 Å². The molecule has 0 aliphatic carbocycles. The predicted octanol–water partition coefficient (Wildman–Crippen LogP) is 5.27. The molecule has 46 heavy (non-hydrogen) atoms. The Morgan fingerprint density at radius 2 is 1.91 bits per heavy atom. The molecule has 0 bridgehead atoms. The summed E-state index contributed by atoms with van der Waals surface area (Å²) in [7, 11) is 3.96. The van der Waals surface area contributed by atoms with Gasteiger partial charge in [0.2, 0.25) is 11.9 Å². The maximum atomic E-state index is 12.5. The molecular formula is C36H42N8O2. The van der Waals surface area contributed by atoms with E-state index in [9.17, 15) is 9.90 Å². The van der Waals surface area contributed by atoms with E-state index in [0.717, 1.165) is 50.9 Å². The molecule has 4 heterocycles. The molecule has 2 N–H and O–H groups in total. The molecule has 0 radical (unpaired) electrons. The van der Waals surface area contributed by atoms with E-state index in [1.54, 1.807) is 10.6 Å². The number of allylic oxidation sites excluding steroid dienone is 1. The van der Waals surface area contributed by atoms with Crippen LogP contribution in [0.4, 0.5) is 11.9 Å². The molecule has 0 atom stereocenters. The van der Waals surface area contributed by atoms with Gasteiger partial charge >= 0.3 is 0 Å². The lowest BCUT2D eigenvalue weighted by Crippen LogP contribution is -2.37. The van der Waals surface area contributed by atoms with E-state index in [4.69, 9.17) is 15.0 Å². The van der Waals surface area contributed by atoms with Gasteiger partial charge < -0.3 is 20.2 Å². The molecule has 10 nitrogen and oxygen atoms in total. The van der Waals surface area contributed by atoms with E-state index in [-0.39, 0.29) is 17.8 Å². The number of aliphatic hydroxyl groups is 1. The summed E-state index contributed by atoms with van der Waals surface area (Å²) in [6.45, 7) is 6.94. The summed E-state index contributed by atoms with van der Waals surface area (Å²) >= 11 is 0. The number of hydrogen-bond acceptors (Lipinski definition) is 9. The van der Waals surface area contributed by atoms with Crippen LogP contribution in [-0.4, -0.2) is 80.2 Å². The predicted molar refractivity (Wildman–Crippen MR) is 183 cm³/mol. The number of carbonyl (C=O) groups is 1. The molecule has 6 rings (SSSR count). The minimum Gasteiger partial charge on any atom is -0.393 e. The maximum absolute atomic E-state index is 12.5. The highest BCUT2D eigenvalue weighted by Crippen LogP contribution is 2.31. The van der Waals surface area contributed by atoms with Crippen molar-refractivity contribution in [3.05, 3.63) is 89.8 Å². The molecule has 0 saturated carbocycles. The van der Waals surface area contributed by atoms with Gasteiger partial charge in [-0.15, -0.1) is 0 Å². The number of piperidine rings is 1. The van der Waals surface area contributed by atoms with Gasteiger partial charge in [-0.05, 0) is 61.5 Å². The van der Waals surface area contributed by atoms with Gasteiger partial charge in [-0.2, -0.15) is 19.6 Å². The van der Waals surface area contributed by atoms with Crippen LogP contribution in [0.1, 0.15) is 49.3 Å². The summed E-state index contributed by atoms with van der Waals surface area (Å²) in [5.41, 5.74) is 5.81. The Morgan fingerprint density at radius 3 is 2.70 bits per heavy atom. The first-order chi connectivity index (χ1) is 22.3. The second kappa shape index (κ2) is 13.8. The highest BCUT2D eigenvalue weighted by molar-refractivity contribution is 5.97. The number of nitrogens with zero attached hydrogens (tertiary/aromatic N) is 7. The van der Waals surface area contributed by atoms with E-state index < -0.39 is 0 Å². The Morgan fingerprint density at radius 1 is 1.11 bits per heavy atom. The van der Waals surface area contributed by atoms with Gasteiger partial charge in [-0.3, -0.25) is 9.78 Å². The van der Waals surface area contributed by atoms with Crippen LogP contribution in [0.3, 0.4) is 0 Å². The van der Waals surface area contributed by atoms with Crippen molar-refractivity contribution in [1.82, 2.24) is 29.5 Å². The van der Waals surface area contributed by atoms with Crippen molar-refractivity contribution in [2.45, 2.75) is 51.7 Å². The molecule has 0 unspecified atom stereocenters. The summed E-state index contributed by atoms with van der Waals surface area (Å²) in [5, 5.41) is 20.3. The minimum absolute atomic E-state index is 0.0875. The van der Waals surface area contributed by atoms with E-state index in [2.05, 4.69) is 53.4 Å². The molecule has 1 saturated heterocycles. The molecule has 1 aliphatic rings. The average Bonchev–Trinajstić information content (AvgIpc) is 3.48. The smallest absolute Gasteiger partial charge is 0.230 e. The molecule has 10 heteroatoms. The van der Waals surface area contributed by atoms with Gasteiger partial charge in [0.15, 0.2) is 11.4 Å². The standard InChI is InChI=1S/C36H42N8O2/c1-24(2)32-23-39-44-34(32)40-36(43-18-14-28(45)15-19-43)41-35(44)38-22-27-8-5-6-10-30(27)33-31-12-11-25(20-26(31)13-16-37-33)21-29(46)9-7-17-42(3)4/h5-13,16,20,23-24,28,45H,14-15,17-19,21-22H2,1-4H3,(H,38,40,41)/b9-7+. The summed E-state index contributed by atoms with van der Waals surface area (Å²) in [6, 6.07) is 16.4. The normalized spacial score (nSPS) is 14.4. The monoisotopic (exact) mass is 618 g/mol. The van der Waals surface area contributed by atoms with E-state index >= 15 is 0 Å². The number of fused-ring (bicyclic) bond motifs is 2. The molecule has 238 valence electrons. The van der Waals surface area contributed by atoms with Crippen LogP contribution in [-0.2, 0) is 17.8 Å². The zero-order valence-corrected chi connectivity index (χ0v) is 27.0. The SMILES string of the molecule is CC(C)c1cnn2c(NCc3ccccc3-c3nccc4cc(CC(=O)/C=C/CN(C)C)ccc34)nc(N3CCC(O)CC3)nc12. The Bertz CT molecular complexity index is 1870. The van der Waals surface area contributed by atoms with E-state index in [0.29, 0.717) is 50.8 Å². The molecule has 3 aromatic heterocycles. The van der Waals surface area contributed by atoms with Crippen LogP contribution in [0, 0.1) is 0 Å². The van der Waals surface area contributed by atoms with Crippen molar-refractivity contribution in [3.63, 3.8) is 0 Å².